The number of amides is 1. The summed E-state index contributed by atoms with van der Waals surface area (Å²) >= 11 is 0. The Morgan fingerprint density at radius 3 is 2.62 bits per heavy atom. The molecular weight excluding hydrogens is 268 g/mol. The summed E-state index contributed by atoms with van der Waals surface area (Å²) in [5.74, 6) is -0.0924. The van der Waals surface area contributed by atoms with E-state index in [0.717, 1.165) is 45.4 Å². The summed E-state index contributed by atoms with van der Waals surface area (Å²) in [5, 5.41) is 0. The molecule has 3 saturated heterocycles. The molecule has 1 amide bonds. The number of hydrogen-bond acceptors (Lipinski definition) is 4. The Balaban J connectivity index is 1.57. The number of carbonyl (C=O) groups excluding carboxylic acids is 1. The molecule has 3 aliphatic rings. The Hall–Kier alpha value is -0.650. The van der Waals surface area contributed by atoms with Crippen LogP contribution in [0.4, 0.5) is 0 Å². The second-order valence-electron chi connectivity index (χ2n) is 6.62. The van der Waals surface area contributed by atoms with Crippen LogP contribution in [0.15, 0.2) is 0 Å². The molecule has 0 N–H and O–H groups in total. The summed E-state index contributed by atoms with van der Waals surface area (Å²) in [6, 6.07) is 0.0992. The Labute approximate surface area is 127 Å². The predicted octanol–water partition coefficient (Wildman–Crippen LogP) is 1.61. The van der Waals surface area contributed by atoms with Gasteiger partial charge in [0.15, 0.2) is 5.79 Å². The molecule has 5 nitrogen and oxygen atoms in total. The Bertz CT molecular complexity index is 380. The van der Waals surface area contributed by atoms with Crippen molar-refractivity contribution in [1.29, 1.82) is 0 Å². The first-order chi connectivity index (χ1) is 10.1. The summed E-state index contributed by atoms with van der Waals surface area (Å²) < 4.78 is 11.8. The molecule has 0 saturated carbocycles. The minimum absolute atomic E-state index is 0.0992. The number of ether oxygens (including phenoxy) is 2. The monoisotopic (exact) mass is 296 g/mol. The number of likely N-dealkylation sites (N-methyl/N-ethyl adjacent to an activating group) is 1. The van der Waals surface area contributed by atoms with Crippen LogP contribution >= 0.6 is 0 Å². The minimum atomic E-state index is -0.410. The lowest BCUT2D eigenvalue weighted by atomic mass is 9.98. The van der Waals surface area contributed by atoms with Gasteiger partial charge in [-0.25, -0.2) is 0 Å². The highest BCUT2D eigenvalue weighted by atomic mass is 16.7. The van der Waals surface area contributed by atoms with E-state index in [-0.39, 0.29) is 12.1 Å². The van der Waals surface area contributed by atoms with Gasteiger partial charge in [-0.05, 0) is 32.9 Å². The lowest BCUT2D eigenvalue weighted by Crippen LogP contribution is -2.55. The van der Waals surface area contributed by atoms with Gasteiger partial charge in [0.25, 0.3) is 0 Å². The molecule has 0 aliphatic carbocycles. The fraction of sp³-hybridized carbons (Fsp3) is 0.938. The van der Waals surface area contributed by atoms with E-state index in [1.54, 1.807) is 0 Å². The third-order valence-electron chi connectivity index (χ3n) is 5.14. The molecule has 0 radical (unpaired) electrons. The normalized spacial score (nSPS) is 33.5. The van der Waals surface area contributed by atoms with Gasteiger partial charge in [0, 0.05) is 25.9 Å². The fourth-order valence-corrected chi connectivity index (χ4v) is 3.89. The SMILES string of the molecule is CCN1CCCC[C@@H]1C(=O)N1CCC2(CC1)OC[C@@H](C)O2. The van der Waals surface area contributed by atoms with E-state index in [0.29, 0.717) is 12.5 Å². The van der Waals surface area contributed by atoms with Gasteiger partial charge in [0.2, 0.25) is 5.91 Å². The Morgan fingerprint density at radius 1 is 1.24 bits per heavy atom. The molecule has 2 atom stereocenters. The first-order valence-electron chi connectivity index (χ1n) is 8.48. The van der Waals surface area contributed by atoms with E-state index >= 15 is 0 Å². The first-order valence-corrected chi connectivity index (χ1v) is 8.48. The first kappa shape index (κ1) is 15.3. The topological polar surface area (TPSA) is 42.0 Å². The quantitative estimate of drug-likeness (QED) is 0.776. The summed E-state index contributed by atoms with van der Waals surface area (Å²) in [5.41, 5.74) is 0. The standard InChI is InChI=1S/C16H28N2O3/c1-3-17-9-5-4-6-14(17)15(19)18-10-7-16(8-11-18)20-12-13(2)21-16/h13-14H,3-12H2,1-2H3/t13-,14-/m1/s1. The van der Waals surface area contributed by atoms with E-state index in [4.69, 9.17) is 9.47 Å². The zero-order valence-electron chi connectivity index (χ0n) is 13.3. The molecule has 0 bridgehead atoms. The fourth-order valence-electron chi connectivity index (χ4n) is 3.89. The maximum Gasteiger partial charge on any atom is 0.239 e. The van der Waals surface area contributed by atoms with Crippen molar-refractivity contribution in [2.45, 2.75) is 63.9 Å². The van der Waals surface area contributed by atoms with Crippen molar-refractivity contribution < 1.29 is 14.3 Å². The van der Waals surface area contributed by atoms with Gasteiger partial charge in [0.1, 0.15) is 0 Å². The second-order valence-corrected chi connectivity index (χ2v) is 6.62. The van der Waals surface area contributed by atoms with E-state index in [9.17, 15) is 4.79 Å². The Morgan fingerprint density at radius 2 is 2.00 bits per heavy atom. The molecule has 5 heteroatoms. The molecule has 0 aromatic rings. The van der Waals surface area contributed by atoms with Crippen LogP contribution in [0.5, 0.6) is 0 Å². The zero-order valence-corrected chi connectivity index (χ0v) is 13.3. The van der Waals surface area contributed by atoms with E-state index in [2.05, 4.69) is 11.8 Å². The number of rotatable bonds is 2. The largest absolute Gasteiger partial charge is 0.347 e. The zero-order chi connectivity index (χ0) is 14.9. The van der Waals surface area contributed by atoms with Gasteiger partial charge >= 0.3 is 0 Å². The van der Waals surface area contributed by atoms with Gasteiger partial charge in [-0.3, -0.25) is 9.69 Å². The maximum atomic E-state index is 12.8. The van der Waals surface area contributed by atoms with Crippen molar-refractivity contribution >= 4 is 5.91 Å². The third kappa shape index (κ3) is 3.10. The molecule has 3 fully saturated rings. The van der Waals surface area contributed by atoms with E-state index < -0.39 is 5.79 Å². The van der Waals surface area contributed by atoms with Crippen LogP contribution in [0.25, 0.3) is 0 Å². The average Bonchev–Trinajstić information content (AvgIpc) is 2.88. The number of likely N-dealkylation sites (tertiary alicyclic amines) is 2. The smallest absolute Gasteiger partial charge is 0.239 e. The Kier molecular flexibility index (Phi) is 4.52. The molecule has 3 aliphatic heterocycles. The van der Waals surface area contributed by atoms with Crippen molar-refractivity contribution in [2.75, 3.05) is 32.8 Å². The molecule has 3 heterocycles. The van der Waals surface area contributed by atoms with Crippen LogP contribution in [-0.2, 0) is 14.3 Å². The molecule has 0 unspecified atom stereocenters. The summed E-state index contributed by atoms with van der Waals surface area (Å²) in [6.07, 6.45) is 5.21. The van der Waals surface area contributed by atoms with Crippen molar-refractivity contribution in [3.63, 3.8) is 0 Å². The third-order valence-corrected chi connectivity index (χ3v) is 5.14. The van der Waals surface area contributed by atoms with Gasteiger partial charge in [-0.2, -0.15) is 0 Å². The van der Waals surface area contributed by atoms with Crippen molar-refractivity contribution in [1.82, 2.24) is 9.80 Å². The van der Waals surface area contributed by atoms with E-state index in [1.165, 1.54) is 12.8 Å². The summed E-state index contributed by atoms with van der Waals surface area (Å²) in [7, 11) is 0. The van der Waals surface area contributed by atoms with Crippen LogP contribution in [0.1, 0.15) is 46.0 Å². The molecule has 3 rings (SSSR count). The van der Waals surface area contributed by atoms with Crippen LogP contribution < -0.4 is 0 Å². The van der Waals surface area contributed by atoms with Crippen LogP contribution in [0.3, 0.4) is 0 Å². The number of hydrogen-bond donors (Lipinski definition) is 0. The molecule has 21 heavy (non-hydrogen) atoms. The van der Waals surface area contributed by atoms with Gasteiger partial charge < -0.3 is 14.4 Å². The van der Waals surface area contributed by atoms with E-state index in [1.807, 2.05) is 11.8 Å². The molecule has 1 spiro atoms. The predicted molar refractivity (Wildman–Crippen MR) is 79.9 cm³/mol. The van der Waals surface area contributed by atoms with Gasteiger partial charge in [0.05, 0.1) is 18.8 Å². The van der Waals surface area contributed by atoms with Gasteiger partial charge in [-0.15, -0.1) is 0 Å². The summed E-state index contributed by atoms with van der Waals surface area (Å²) in [6.45, 7) is 8.44. The highest BCUT2D eigenvalue weighted by Crippen LogP contribution is 2.34. The number of piperidine rings is 2. The van der Waals surface area contributed by atoms with Crippen LogP contribution in [-0.4, -0.2) is 66.4 Å². The number of nitrogens with zero attached hydrogens (tertiary/aromatic N) is 2. The lowest BCUT2D eigenvalue weighted by molar-refractivity contribution is -0.195. The van der Waals surface area contributed by atoms with Crippen molar-refractivity contribution in [2.24, 2.45) is 0 Å². The van der Waals surface area contributed by atoms with Crippen LogP contribution in [0, 0.1) is 0 Å². The minimum Gasteiger partial charge on any atom is -0.347 e. The van der Waals surface area contributed by atoms with Crippen molar-refractivity contribution in [3.8, 4) is 0 Å². The molecular formula is C16H28N2O3. The highest BCUT2D eigenvalue weighted by Gasteiger charge is 2.44. The molecule has 120 valence electrons. The highest BCUT2D eigenvalue weighted by molar-refractivity contribution is 5.82. The second kappa shape index (κ2) is 6.23. The molecule has 0 aromatic carbocycles. The van der Waals surface area contributed by atoms with Crippen LogP contribution in [0.2, 0.25) is 0 Å². The van der Waals surface area contributed by atoms with Gasteiger partial charge in [-0.1, -0.05) is 13.3 Å². The number of carbonyl (C=O) groups is 1. The lowest BCUT2D eigenvalue weighted by Gasteiger charge is -2.42. The van der Waals surface area contributed by atoms with Crippen molar-refractivity contribution in [3.05, 3.63) is 0 Å². The summed E-state index contributed by atoms with van der Waals surface area (Å²) in [4.78, 5) is 17.2. The molecule has 0 aromatic heterocycles. The average molecular weight is 296 g/mol. The maximum absolute atomic E-state index is 12.8.